The van der Waals surface area contributed by atoms with Crippen molar-refractivity contribution in [1.82, 2.24) is 14.9 Å². The highest BCUT2D eigenvalue weighted by atomic mass is 15.1. The molecule has 4 heteroatoms. The molecule has 0 aliphatic heterocycles. The lowest BCUT2D eigenvalue weighted by molar-refractivity contribution is 0.548. The molecule has 0 aliphatic rings. The standard InChI is InChI=1S/C11H18N4/c1-9(2)5-13-6-11-7-15(8-14-11)10(3)4-12/h7-10,13H,5-6H2,1-3H3. The second kappa shape index (κ2) is 5.52. The molecule has 1 unspecified atom stereocenters. The minimum atomic E-state index is -0.142. The van der Waals surface area contributed by atoms with Crippen molar-refractivity contribution in [1.29, 1.82) is 5.26 Å². The first kappa shape index (κ1) is 11.7. The van der Waals surface area contributed by atoms with Crippen LogP contribution >= 0.6 is 0 Å². The van der Waals surface area contributed by atoms with E-state index in [1.54, 1.807) is 6.33 Å². The van der Waals surface area contributed by atoms with E-state index in [1.807, 2.05) is 17.7 Å². The number of aromatic nitrogens is 2. The van der Waals surface area contributed by atoms with Gasteiger partial charge in [-0.25, -0.2) is 4.98 Å². The summed E-state index contributed by atoms with van der Waals surface area (Å²) in [4.78, 5) is 4.23. The van der Waals surface area contributed by atoms with E-state index in [1.165, 1.54) is 0 Å². The normalized spacial score (nSPS) is 12.7. The van der Waals surface area contributed by atoms with E-state index in [4.69, 9.17) is 5.26 Å². The monoisotopic (exact) mass is 206 g/mol. The van der Waals surface area contributed by atoms with Crippen LogP contribution in [-0.4, -0.2) is 16.1 Å². The van der Waals surface area contributed by atoms with Gasteiger partial charge in [-0.2, -0.15) is 5.26 Å². The molecule has 0 radical (unpaired) electrons. The van der Waals surface area contributed by atoms with Crippen LogP contribution in [0.25, 0.3) is 0 Å². The summed E-state index contributed by atoms with van der Waals surface area (Å²) >= 11 is 0. The molecule has 1 aromatic rings. The molecule has 0 bridgehead atoms. The van der Waals surface area contributed by atoms with Crippen molar-refractivity contribution >= 4 is 0 Å². The van der Waals surface area contributed by atoms with E-state index in [0.717, 1.165) is 18.8 Å². The van der Waals surface area contributed by atoms with Gasteiger partial charge in [-0.3, -0.25) is 0 Å². The Bertz CT molecular complexity index is 335. The van der Waals surface area contributed by atoms with Crippen LogP contribution in [0.15, 0.2) is 12.5 Å². The van der Waals surface area contributed by atoms with Gasteiger partial charge < -0.3 is 9.88 Å². The number of nitrogens with zero attached hydrogens (tertiary/aromatic N) is 3. The first-order valence-electron chi connectivity index (χ1n) is 5.26. The quantitative estimate of drug-likeness (QED) is 0.798. The molecule has 1 N–H and O–H groups in total. The second-order valence-corrected chi connectivity index (χ2v) is 4.14. The first-order chi connectivity index (χ1) is 7.13. The van der Waals surface area contributed by atoms with E-state index in [-0.39, 0.29) is 6.04 Å². The van der Waals surface area contributed by atoms with Gasteiger partial charge in [-0.05, 0) is 19.4 Å². The fourth-order valence-electron chi connectivity index (χ4n) is 1.24. The summed E-state index contributed by atoms with van der Waals surface area (Å²) in [5.41, 5.74) is 0.984. The van der Waals surface area contributed by atoms with Crippen molar-refractivity contribution < 1.29 is 0 Å². The van der Waals surface area contributed by atoms with Crippen molar-refractivity contribution in [2.45, 2.75) is 33.4 Å². The smallest absolute Gasteiger partial charge is 0.119 e. The molecule has 0 aromatic carbocycles. The summed E-state index contributed by atoms with van der Waals surface area (Å²) < 4.78 is 1.83. The zero-order valence-corrected chi connectivity index (χ0v) is 9.57. The van der Waals surface area contributed by atoms with Crippen molar-refractivity contribution in [3.05, 3.63) is 18.2 Å². The second-order valence-electron chi connectivity index (χ2n) is 4.14. The van der Waals surface area contributed by atoms with Crippen LogP contribution in [0.2, 0.25) is 0 Å². The van der Waals surface area contributed by atoms with Gasteiger partial charge in [0, 0.05) is 12.7 Å². The van der Waals surface area contributed by atoms with Gasteiger partial charge in [0.05, 0.1) is 18.1 Å². The molecule has 1 aromatic heterocycles. The molecular formula is C11H18N4. The largest absolute Gasteiger partial charge is 0.321 e. The minimum Gasteiger partial charge on any atom is -0.321 e. The van der Waals surface area contributed by atoms with Gasteiger partial charge in [0.25, 0.3) is 0 Å². The van der Waals surface area contributed by atoms with Gasteiger partial charge in [0.1, 0.15) is 6.04 Å². The molecule has 0 saturated carbocycles. The summed E-state index contributed by atoms with van der Waals surface area (Å²) in [5.74, 6) is 0.644. The molecule has 0 fully saturated rings. The molecule has 1 heterocycles. The minimum absolute atomic E-state index is 0.142. The van der Waals surface area contributed by atoms with E-state index < -0.39 is 0 Å². The lowest BCUT2D eigenvalue weighted by Gasteiger charge is -2.05. The summed E-state index contributed by atoms with van der Waals surface area (Å²) in [6.07, 6.45) is 3.63. The highest BCUT2D eigenvalue weighted by Gasteiger charge is 2.04. The molecule has 1 atom stereocenters. The van der Waals surface area contributed by atoms with Crippen LogP contribution in [0.4, 0.5) is 0 Å². The molecule has 15 heavy (non-hydrogen) atoms. The van der Waals surface area contributed by atoms with Crippen LogP contribution < -0.4 is 5.32 Å². The summed E-state index contributed by atoms with van der Waals surface area (Å²) in [6.45, 7) is 7.95. The fourth-order valence-corrected chi connectivity index (χ4v) is 1.24. The Hall–Kier alpha value is -1.34. The lowest BCUT2D eigenvalue weighted by atomic mass is 10.2. The number of imidazole rings is 1. The first-order valence-corrected chi connectivity index (χ1v) is 5.26. The Labute approximate surface area is 90.9 Å². The maximum Gasteiger partial charge on any atom is 0.119 e. The number of hydrogen-bond donors (Lipinski definition) is 1. The molecule has 0 amide bonds. The summed E-state index contributed by atoms with van der Waals surface area (Å²) in [6, 6.07) is 2.03. The molecule has 0 spiro atoms. The van der Waals surface area contributed by atoms with Crippen LogP contribution in [0.3, 0.4) is 0 Å². The Morgan fingerprint density at radius 2 is 2.27 bits per heavy atom. The SMILES string of the molecule is CC(C)CNCc1cn(C(C)C#N)cn1. The van der Waals surface area contributed by atoms with E-state index in [2.05, 4.69) is 30.2 Å². The third kappa shape index (κ3) is 3.72. The topological polar surface area (TPSA) is 53.6 Å². The molecule has 0 saturated heterocycles. The van der Waals surface area contributed by atoms with Crippen LogP contribution in [0, 0.1) is 17.2 Å². The van der Waals surface area contributed by atoms with Gasteiger partial charge >= 0.3 is 0 Å². The van der Waals surface area contributed by atoms with Crippen LogP contribution in [0.5, 0.6) is 0 Å². The predicted molar refractivity (Wildman–Crippen MR) is 59.1 cm³/mol. The van der Waals surface area contributed by atoms with Crippen molar-refractivity contribution in [3.63, 3.8) is 0 Å². The summed E-state index contributed by atoms with van der Waals surface area (Å²) in [5, 5.41) is 12.0. The van der Waals surface area contributed by atoms with E-state index in [0.29, 0.717) is 5.92 Å². The maximum atomic E-state index is 8.73. The number of rotatable bonds is 5. The van der Waals surface area contributed by atoms with Crippen molar-refractivity contribution in [3.8, 4) is 6.07 Å². The van der Waals surface area contributed by atoms with Crippen molar-refractivity contribution in [2.24, 2.45) is 5.92 Å². The Morgan fingerprint density at radius 1 is 1.53 bits per heavy atom. The number of nitriles is 1. The van der Waals surface area contributed by atoms with Crippen LogP contribution in [0.1, 0.15) is 32.5 Å². The number of nitrogens with one attached hydrogen (secondary N) is 1. The van der Waals surface area contributed by atoms with E-state index >= 15 is 0 Å². The molecular weight excluding hydrogens is 188 g/mol. The highest BCUT2D eigenvalue weighted by molar-refractivity contribution is 5.00. The number of hydrogen-bond acceptors (Lipinski definition) is 3. The van der Waals surface area contributed by atoms with E-state index in [9.17, 15) is 0 Å². The van der Waals surface area contributed by atoms with Gasteiger partial charge in [-0.15, -0.1) is 0 Å². The zero-order valence-electron chi connectivity index (χ0n) is 9.57. The zero-order chi connectivity index (χ0) is 11.3. The molecule has 4 nitrogen and oxygen atoms in total. The Morgan fingerprint density at radius 3 is 2.87 bits per heavy atom. The molecule has 1 rings (SSSR count). The third-order valence-corrected chi connectivity index (χ3v) is 2.15. The maximum absolute atomic E-state index is 8.73. The van der Waals surface area contributed by atoms with Crippen molar-refractivity contribution in [2.75, 3.05) is 6.54 Å². The predicted octanol–water partition coefficient (Wildman–Crippen LogP) is 1.71. The highest BCUT2D eigenvalue weighted by Crippen LogP contribution is 2.05. The van der Waals surface area contributed by atoms with Crippen LogP contribution in [-0.2, 0) is 6.54 Å². The lowest BCUT2D eigenvalue weighted by Crippen LogP contribution is -2.19. The van der Waals surface area contributed by atoms with Gasteiger partial charge in [0.15, 0.2) is 0 Å². The average molecular weight is 206 g/mol. The Kier molecular flexibility index (Phi) is 4.32. The average Bonchev–Trinajstić information content (AvgIpc) is 2.65. The molecule has 82 valence electrons. The fraction of sp³-hybridized carbons (Fsp3) is 0.636. The molecule has 0 aliphatic carbocycles. The van der Waals surface area contributed by atoms with Gasteiger partial charge in [-0.1, -0.05) is 13.8 Å². The Balaban J connectivity index is 2.43. The van der Waals surface area contributed by atoms with Gasteiger partial charge in [0.2, 0.25) is 0 Å². The third-order valence-electron chi connectivity index (χ3n) is 2.15. The summed E-state index contributed by atoms with van der Waals surface area (Å²) in [7, 11) is 0.